The highest BCUT2D eigenvalue weighted by Gasteiger charge is 2.28. The van der Waals surface area contributed by atoms with E-state index in [4.69, 9.17) is 13.9 Å². The summed E-state index contributed by atoms with van der Waals surface area (Å²) in [5.74, 6) is 1.51. The molecule has 0 saturated heterocycles. The van der Waals surface area contributed by atoms with Crippen molar-refractivity contribution in [3.63, 3.8) is 0 Å². The van der Waals surface area contributed by atoms with Gasteiger partial charge >= 0.3 is 0 Å². The molecule has 4 rings (SSSR count). The van der Waals surface area contributed by atoms with E-state index in [1.807, 2.05) is 25.1 Å². The summed E-state index contributed by atoms with van der Waals surface area (Å²) in [6.07, 6.45) is 2.70. The number of nitro benzene ring substituents is 1. The van der Waals surface area contributed by atoms with Crippen molar-refractivity contribution in [2.75, 3.05) is 20.8 Å². The Kier molecular flexibility index (Phi) is 8.60. The lowest BCUT2D eigenvalue weighted by molar-refractivity contribution is -0.384. The molecule has 1 aliphatic carbocycles. The molecule has 0 saturated carbocycles. The van der Waals surface area contributed by atoms with Crippen molar-refractivity contribution in [3.05, 3.63) is 86.4 Å². The Morgan fingerprint density at radius 1 is 1.05 bits per heavy atom. The van der Waals surface area contributed by atoms with Gasteiger partial charge in [0.25, 0.3) is 11.6 Å². The Morgan fingerprint density at radius 3 is 2.46 bits per heavy atom. The zero-order valence-corrected chi connectivity index (χ0v) is 22.0. The van der Waals surface area contributed by atoms with Crippen LogP contribution in [-0.2, 0) is 24.1 Å². The van der Waals surface area contributed by atoms with Gasteiger partial charge in [0.05, 0.1) is 31.3 Å². The maximum Gasteiger partial charge on any atom is 0.287 e. The number of nitro groups is 1. The number of methoxy groups -OCH3 is 2. The van der Waals surface area contributed by atoms with Crippen molar-refractivity contribution >= 4 is 23.2 Å². The van der Waals surface area contributed by atoms with Crippen molar-refractivity contribution in [3.8, 4) is 11.5 Å². The molecule has 2 aromatic carbocycles. The van der Waals surface area contributed by atoms with Gasteiger partial charge in [-0.3, -0.25) is 19.7 Å². The van der Waals surface area contributed by atoms with E-state index < -0.39 is 4.92 Å². The monoisotopic (exact) mass is 534 g/mol. The minimum Gasteiger partial charge on any atom is -0.493 e. The van der Waals surface area contributed by atoms with E-state index in [-0.39, 0.29) is 29.7 Å². The number of amides is 2. The number of non-ortho nitro benzene ring substituents is 1. The van der Waals surface area contributed by atoms with Gasteiger partial charge in [-0.2, -0.15) is 5.10 Å². The summed E-state index contributed by atoms with van der Waals surface area (Å²) in [5, 5.41) is 18.0. The minimum atomic E-state index is -0.489. The van der Waals surface area contributed by atoms with Crippen LogP contribution in [0.2, 0.25) is 0 Å². The highest BCUT2D eigenvalue weighted by Crippen LogP contribution is 2.30. The fourth-order valence-corrected chi connectivity index (χ4v) is 4.52. The number of furan rings is 1. The van der Waals surface area contributed by atoms with Crippen LogP contribution in [0, 0.1) is 17.0 Å². The molecule has 0 radical (unpaired) electrons. The number of nitrogens with zero attached hydrogens (tertiary/aromatic N) is 2. The summed E-state index contributed by atoms with van der Waals surface area (Å²) >= 11 is 0. The number of hydrazone groups is 1. The van der Waals surface area contributed by atoms with Crippen LogP contribution in [0.1, 0.15) is 51.4 Å². The van der Waals surface area contributed by atoms with Crippen molar-refractivity contribution in [2.45, 2.75) is 39.0 Å². The van der Waals surface area contributed by atoms with E-state index >= 15 is 0 Å². The molecule has 0 aliphatic heterocycles. The second-order valence-corrected chi connectivity index (χ2v) is 9.10. The summed E-state index contributed by atoms with van der Waals surface area (Å²) < 4.78 is 16.5. The molecular formula is C28H30N4O7. The molecule has 0 spiro atoms. The molecule has 0 fully saturated rings. The van der Waals surface area contributed by atoms with Crippen LogP contribution in [-0.4, -0.2) is 43.2 Å². The van der Waals surface area contributed by atoms with Crippen molar-refractivity contribution in [2.24, 2.45) is 5.10 Å². The van der Waals surface area contributed by atoms with Gasteiger partial charge in [-0.1, -0.05) is 18.2 Å². The summed E-state index contributed by atoms with van der Waals surface area (Å²) in [5.41, 5.74) is 6.23. The number of nitrogens with one attached hydrogen (secondary N) is 2. The highest BCUT2D eigenvalue weighted by atomic mass is 16.6. The minimum absolute atomic E-state index is 0.0275. The fourth-order valence-electron chi connectivity index (χ4n) is 4.52. The number of aryl methyl sites for hydroxylation is 1. The predicted molar refractivity (Wildman–Crippen MR) is 143 cm³/mol. The van der Waals surface area contributed by atoms with Crippen LogP contribution < -0.4 is 20.2 Å². The third-order valence-corrected chi connectivity index (χ3v) is 6.51. The number of carbonyl (C=O) groups is 2. The molecule has 1 heterocycles. The van der Waals surface area contributed by atoms with Crippen molar-refractivity contribution < 1.29 is 28.4 Å². The predicted octanol–water partition coefficient (Wildman–Crippen LogP) is 3.89. The first-order valence-corrected chi connectivity index (χ1v) is 12.5. The number of ether oxygens (including phenoxy) is 2. The summed E-state index contributed by atoms with van der Waals surface area (Å²) in [6.45, 7) is 2.21. The average Bonchev–Trinajstić information content (AvgIpc) is 3.29. The smallest absolute Gasteiger partial charge is 0.287 e. The van der Waals surface area contributed by atoms with E-state index in [9.17, 15) is 19.7 Å². The van der Waals surface area contributed by atoms with Gasteiger partial charge < -0.3 is 19.2 Å². The van der Waals surface area contributed by atoms with Crippen LogP contribution in [0.5, 0.6) is 11.5 Å². The molecule has 204 valence electrons. The molecule has 0 atom stereocenters. The number of hydrogen-bond acceptors (Lipinski definition) is 8. The number of benzene rings is 2. The van der Waals surface area contributed by atoms with E-state index in [0.29, 0.717) is 59.9 Å². The summed E-state index contributed by atoms with van der Waals surface area (Å²) in [6, 6.07) is 11.4. The lowest BCUT2D eigenvalue weighted by atomic mass is 9.93. The third kappa shape index (κ3) is 6.43. The number of fused-ring (bicyclic) bond motifs is 1. The quantitative estimate of drug-likeness (QED) is 0.296. The molecular weight excluding hydrogens is 504 g/mol. The first-order chi connectivity index (χ1) is 18.8. The second kappa shape index (κ2) is 12.2. The number of rotatable bonds is 10. The van der Waals surface area contributed by atoms with Crippen LogP contribution >= 0.6 is 0 Å². The van der Waals surface area contributed by atoms with Gasteiger partial charge in [0.1, 0.15) is 5.76 Å². The van der Waals surface area contributed by atoms with E-state index in [1.54, 1.807) is 26.4 Å². The molecule has 3 aromatic rings. The van der Waals surface area contributed by atoms with E-state index in [2.05, 4.69) is 15.8 Å². The summed E-state index contributed by atoms with van der Waals surface area (Å²) in [4.78, 5) is 35.7. The van der Waals surface area contributed by atoms with Crippen LogP contribution in [0.15, 0.2) is 52.0 Å². The number of hydrogen-bond donors (Lipinski definition) is 2. The third-order valence-electron chi connectivity index (χ3n) is 6.51. The van der Waals surface area contributed by atoms with E-state index in [0.717, 1.165) is 17.5 Å². The average molecular weight is 535 g/mol. The zero-order valence-electron chi connectivity index (χ0n) is 22.0. The lowest BCUT2D eigenvalue weighted by Gasteiger charge is -2.13. The Hall–Kier alpha value is -4.67. The van der Waals surface area contributed by atoms with E-state index in [1.165, 1.54) is 12.1 Å². The topological polar surface area (TPSA) is 145 Å². The maximum atomic E-state index is 12.9. The molecule has 39 heavy (non-hydrogen) atoms. The Labute approximate surface area is 225 Å². The second-order valence-electron chi connectivity index (χ2n) is 9.10. The van der Waals surface area contributed by atoms with Crippen LogP contribution in [0.25, 0.3) is 0 Å². The zero-order chi connectivity index (χ0) is 27.9. The van der Waals surface area contributed by atoms with Gasteiger partial charge in [0.2, 0.25) is 5.91 Å². The van der Waals surface area contributed by atoms with Gasteiger partial charge in [0.15, 0.2) is 17.3 Å². The van der Waals surface area contributed by atoms with Crippen LogP contribution in [0.3, 0.4) is 0 Å². The van der Waals surface area contributed by atoms with Crippen molar-refractivity contribution in [1.29, 1.82) is 0 Å². The van der Waals surface area contributed by atoms with Gasteiger partial charge in [-0.05, 0) is 49.4 Å². The molecule has 0 unspecified atom stereocenters. The SMILES string of the molecule is COc1ccc(CCNC(=O)c2oc3c(c2C)/C(=N/NC(=O)Cc2ccc([N+](=O)[O-])cc2)CCC3)cc1OC. The van der Waals surface area contributed by atoms with Crippen LogP contribution in [0.4, 0.5) is 5.69 Å². The van der Waals surface area contributed by atoms with Gasteiger partial charge in [0, 0.05) is 36.2 Å². The lowest BCUT2D eigenvalue weighted by Crippen LogP contribution is -2.26. The molecule has 1 aromatic heterocycles. The largest absolute Gasteiger partial charge is 0.493 e. The molecule has 2 N–H and O–H groups in total. The highest BCUT2D eigenvalue weighted by molar-refractivity contribution is 6.06. The molecule has 11 heteroatoms. The summed E-state index contributed by atoms with van der Waals surface area (Å²) in [7, 11) is 3.15. The Bertz CT molecular complexity index is 1410. The Balaban J connectivity index is 1.38. The number of carbonyl (C=O) groups excluding carboxylic acids is 2. The fraction of sp³-hybridized carbons (Fsp3) is 0.321. The first kappa shape index (κ1) is 27.4. The van der Waals surface area contributed by atoms with Gasteiger partial charge in [-0.15, -0.1) is 0 Å². The molecule has 11 nitrogen and oxygen atoms in total. The molecule has 0 bridgehead atoms. The first-order valence-electron chi connectivity index (χ1n) is 12.5. The maximum absolute atomic E-state index is 12.9. The molecule has 1 aliphatic rings. The van der Waals surface area contributed by atoms with Crippen molar-refractivity contribution in [1.82, 2.24) is 10.7 Å². The standard InChI is InChI=1S/C28H30N4O7/c1-17-26-21(30-31-25(33)16-18-7-10-20(11-8-18)32(35)36)5-4-6-23(26)39-27(17)28(34)29-14-13-19-9-12-22(37-2)24(15-19)38-3/h7-12,15H,4-6,13-14,16H2,1-3H3,(H,29,34)(H,31,33)/b30-21+. The normalized spacial score (nSPS) is 13.5. The molecule has 2 amide bonds. The van der Waals surface area contributed by atoms with Gasteiger partial charge in [-0.25, -0.2) is 5.43 Å². The Morgan fingerprint density at radius 2 is 1.77 bits per heavy atom.